The lowest BCUT2D eigenvalue weighted by atomic mass is 9.94. The van der Waals surface area contributed by atoms with Crippen LogP contribution in [0, 0.1) is 11.8 Å². The van der Waals surface area contributed by atoms with Crippen molar-refractivity contribution in [2.45, 2.75) is 77.5 Å². The molecule has 54 heavy (non-hydrogen) atoms. The number of rotatable bonds is 11. The Labute approximate surface area is 312 Å². The number of hydrogen-bond donors (Lipinski definition) is 5. The Bertz CT molecular complexity index is 2040. The first kappa shape index (κ1) is 37.8. The van der Waals surface area contributed by atoms with Crippen LogP contribution in [0.3, 0.4) is 0 Å². The number of fused-ring (bicyclic) bond motifs is 1. The van der Waals surface area contributed by atoms with E-state index in [4.69, 9.17) is 14.1 Å². The number of oxazole rings is 1. The fourth-order valence-electron chi connectivity index (χ4n) is 7.21. The van der Waals surface area contributed by atoms with Gasteiger partial charge in [-0.3, -0.25) is 9.59 Å². The molecule has 5 amide bonds. The van der Waals surface area contributed by atoms with Gasteiger partial charge in [-0.1, -0.05) is 33.8 Å². The number of likely N-dealkylation sites (tertiary alicyclic amines) is 2. The number of urea groups is 1. The van der Waals surface area contributed by atoms with Crippen LogP contribution in [0.5, 0.6) is 0 Å². The topological polar surface area (TPSA) is 212 Å². The monoisotopic (exact) mass is 742 g/mol. The smallest absolute Gasteiger partial charge is 0.407 e. The molecule has 0 spiro atoms. The molecule has 16 nitrogen and oxygen atoms in total. The van der Waals surface area contributed by atoms with Crippen molar-refractivity contribution in [1.29, 1.82) is 0 Å². The number of ketones is 1. The van der Waals surface area contributed by atoms with Crippen LogP contribution in [0.2, 0.25) is 0 Å². The van der Waals surface area contributed by atoms with E-state index in [0.29, 0.717) is 66.6 Å². The summed E-state index contributed by atoms with van der Waals surface area (Å²) in [5.74, 6) is 0.539. The van der Waals surface area contributed by atoms with Crippen molar-refractivity contribution in [2.75, 3.05) is 25.5 Å². The van der Waals surface area contributed by atoms with Crippen LogP contribution < -0.4 is 16.0 Å². The number of aromatic nitrogens is 3. The van der Waals surface area contributed by atoms with Crippen LogP contribution in [-0.2, 0) is 14.3 Å². The van der Waals surface area contributed by atoms with Gasteiger partial charge in [0.2, 0.25) is 11.8 Å². The maximum atomic E-state index is 13.5. The zero-order valence-electron chi connectivity index (χ0n) is 30.9. The number of carboxylic acid groups (broad SMARTS) is 1. The minimum atomic E-state index is -1.24. The van der Waals surface area contributed by atoms with Crippen LogP contribution in [0.25, 0.3) is 33.8 Å². The maximum Gasteiger partial charge on any atom is 0.407 e. The number of carbonyl (C=O) groups excluding carboxylic acids is 4. The Morgan fingerprint density at radius 1 is 0.926 bits per heavy atom. The number of aromatic amines is 1. The van der Waals surface area contributed by atoms with Gasteiger partial charge in [0.1, 0.15) is 11.9 Å². The Hall–Kier alpha value is -5.93. The summed E-state index contributed by atoms with van der Waals surface area (Å²) < 4.78 is 10.9. The first-order valence-electron chi connectivity index (χ1n) is 18.2. The zero-order valence-corrected chi connectivity index (χ0v) is 30.9. The number of carbonyl (C=O) groups is 5. The molecule has 0 unspecified atom stereocenters. The highest BCUT2D eigenvalue weighted by Crippen LogP contribution is 2.34. The van der Waals surface area contributed by atoms with E-state index in [0.717, 1.165) is 17.5 Å². The van der Waals surface area contributed by atoms with Crippen molar-refractivity contribution in [3.05, 3.63) is 54.5 Å². The van der Waals surface area contributed by atoms with Crippen molar-refractivity contribution < 1.29 is 38.2 Å². The molecule has 2 aromatic heterocycles. The third-order valence-electron chi connectivity index (χ3n) is 9.99. The van der Waals surface area contributed by atoms with E-state index in [1.807, 2.05) is 52.0 Å². The first-order valence-corrected chi connectivity index (χ1v) is 18.2. The van der Waals surface area contributed by atoms with E-state index in [-0.39, 0.29) is 29.6 Å². The Balaban J connectivity index is 1.15. The standard InChI is InChI=1S/C38H46N8O8/c1-20(2)30(44-38(52)53-5)32(47)27-11-7-16-46(27)36(49)40-24-10-6-9-23(17-24)34-39-19-29(54-34)22-13-14-25-26(18-22)42-33(41-25)28-12-8-15-45(28)35(48)31(21(3)4)43-37(50)51/h6,9-10,13-14,17-21,27-28,30-31,43H,7-8,11-12,15-16H2,1-5H3,(H,40,49)(H,41,42)(H,44,52)(H,50,51)/t27-,28-,30-,31-/m0/s1. The highest BCUT2D eigenvalue weighted by Gasteiger charge is 2.40. The summed E-state index contributed by atoms with van der Waals surface area (Å²) >= 11 is 0. The summed E-state index contributed by atoms with van der Waals surface area (Å²) in [5.41, 5.74) is 3.31. The normalized spacial score (nSPS) is 18.2. The predicted molar refractivity (Wildman–Crippen MR) is 198 cm³/mol. The number of benzene rings is 2. The third-order valence-corrected chi connectivity index (χ3v) is 9.99. The fourth-order valence-corrected chi connectivity index (χ4v) is 7.21. The fraction of sp³-hybridized carbons (Fsp3) is 0.447. The second-order valence-corrected chi connectivity index (χ2v) is 14.4. The second-order valence-electron chi connectivity index (χ2n) is 14.4. The average molecular weight is 743 g/mol. The van der Waals surface area contributed by atoms with Crippen LogP contribution >= 0.6 is 0 Å². The van der Waals surface area contributed by atoms with E-state index in [2.05, 4.69) is 25.9 Å². The lowest BCUT2D eigenvalue weighted by Gasteiger charge is -2.29. The van der Waals surface area contributed by atoms with E-state index in [1.165, 1.54) is 12.0 Å². The number of H-pyrrole nitrogens is 1. The van der Waals surface area contributed by atoms with Gasteiger partial charge in [-0.15, -0.1) is 0 Å². The van der Waals surface area contributed by atoms with Crippen LogP contribution in [0.1, 0.15) is 65.2 Å². The van der Waals surface area contributed by atoms with E-state index in [1.54, 1.807) is 29.3 Å². The van der Waals surface area contributed by atoms with Gasteiger partial charge in [0.25, 0.3) is 0 Å². The average Bonchev–Trinajstić information content (AvgIpc) is 3.97. The quantitative estimate of drug-likeness (QED) is 0.125. The van der Waals surface area contributed by atoms with Crippen molar-refractivity contribution in [3.8, 4) is 22.8 Å². The number of imidazole rings is 1. The third kappa shape index (κ3) is 8.01. The van der Waals surface area contributed by atoms with E-state index in [9.17, 15) is 29.1 Å². The molecule has 0 bridgehead atoms. The lowest BCUT2D eigenvalue weighted by molar-refractivity contribution is -0.135. The molecule has 2 saturated heterocycles. The van der Waals surface area contributed by atoms with Gasteiger partial charge >= 0.3 is 18.2 Å². The number of methoxy groups -OCH3 is 1. The largest absolute Gasteiger partial charge is 0.465 e. The van der Waals surface area contributed by atoms with E-state index < -0.39 is 36.3 Å². The number of Topliss-reactive ketones (excluding diaryl/α,β-unsaturated/α-hetero) is 1. The molecule has 4 heterocycles. The number of anilines is 1. The molecule has 2 fully saturated rings. The summed E-state index contributed by atoms with van der Waals surface area (Å²) in [5, 5.41) is 17.2. The van der Waals surface area contributed by atoms with Crippen LogP contribution in [-0.4, -0.2) is 98.1 Å². The zero-order chi connectivity index (χ0) is 38.7. The summed E-state index contributed by atoms with van der Waals surface area (Å²) in [6, 6.07) is 9.62. The molecule has 2 aliphatic rings. The maximum absolute atomic E-state index is 13.5. The van der Waals surface area contributed by atoms with Gasteiger partial charge in [0.05, 0.1) is 42.5 Å². The summed E-state index contributed by atoms with van der Waals surface area (Å²) in [6.07, 6.45) is 2.29. The summed E-state index contributed by atoms with van der Waals surface area (Å²) in [6.45, 7) is 8.18. The number of nitrogens with one attached hydrogen (secondary N) is 4. The molecule has 0 radical (unpaired) electrons. The minimum Gasteiger partial charge on any atom is -0.465 e. The number of hydrogen-bond acceptors (Lipinski definition) is 9. The van der Waals surface area contributed by atoms with E-state index >= 15 is 0 Å². The van der Waals surface area contributed by atoms with Gasteiger partial charge in [-0.05, 0) is 73.9 Å². The molecule has 2 aliphatic heterocycles. The number of alkyl carbamates (subject to hydrolysis) is 1. The lowest BCUT2D eigenvalue weighted by Crippen LogP contribution is -2.53. The molecule has 0 saturated carbocycles. The summed E-state index contributed by atoms with van der Waals surface area (Å²) in [7, 11) is 1.24. The Morgan fingerprint density at radius 3 is 2.39 bits per heavy atom. The molecular weight excluding hydrogens is 696 g/mol. The molecule has 4 atom stereocenters. The number of ether oxygens (including phenoxy) is 1. The van der Waals surface area contributed by atoms with Crippen molar-refractivity contribution in [2.24, 2.45) is 11.8 Å². The molecule has 5 N–H and O–H groups in total. The molecule has 6 rings (SSSR count). The SMILES string of the molecule is COC(=O)N[C@H](C(=O)[C@@H]1CCCN1C(=O)Nc1cccc(-c2ncc(-c3ccc4[nH]c([C@@H]5CCCN5C(=O)[C@@H](NC(=O)O)C(C)C)nc4c3)o2)c1)C(C)C. The Morgan fingerprint density at radius 2 is 1.67 bits per heavy atom. The van der Waals surface area contributed by atoms with Crippen LogP contribution in [0.15, 0.2) is 53.1 Å². The first-order chi connectivity index (χ1) is 25.8. The molecule has 286 valence electrons. The van der Waals surface area contributed by atoms with Crippen LogP contribution in [0.4, 0.5) is 20.1 Å². The van der Waals surface area contributed by atoms with Gasteiger partial charge in [-0.25, -0.2) is 24.4 Å². The predicted octanol–water partition coefficient (Wildman–Crippen LogP) is 5.79. The molecule has 4 aromatic rings. The molecule has 2 aromatic carbocycles. The van der Waals surface area contributed by atoms with Gasteiger partial charge in [0, 0.05) is 29.9 Å². The molecule has 16 heteroatoms. The van der Waals surface area contributed by atoms with Gasteiger partial charge in [0.15, 0.2) is 11.5 Å². The minimum absolute atomic E-state index is 0.197. The highest BCUT2D eigenvalue weighted by molar-refractivity contribution is 5.98. The van der Waals surface area contributed by atoms with Crippen molar-refractivity contribution >= 4 is 46.6 Å². The number of nitrogens with zero attached hydrogens (tertiary/aromatic N) is 4. The van der Waals surface area contributed by atoms with Gasteiger partial charge < -0.3 is 45.0 Å². The number of amides is 5. The van der Waals surface area contributed by atoms with Crippen molar-refractivity contribution in [3.63, 3.8) is 0 Å². The molecular formula is C38H46N8O8. The summed E-state index contributed by atoms with van der Waals surface area (Å²) in [4.78, 5) is 79.5. The van der Waals surface area contributed by atoms with Gasteiger partial charge in [-0.2, -0.15) is 0 Å². The second kappa shape index (κ2) is 16.0. The van der Waals surface area contributed by atoms with Crippen molar-refractivity contribution in [1.82, 2.24) is 35.4 Å². The highest BCUT2D eigenvalue weighted by atomic mass is 16.5. The Kier molecular flexibility index (Phi) is 11.2. The molecule has 0 aliphatic carbocycles.